The van der Waals surface area contributed by atoms with E-state index in [1.807, 2.05) is 0 Å². The molecule has 0 fully saturated rings. The fourth-order valence-corrected chi connectivity index (χ4v) is 1.46. The summed E-state index contributed by atoms with van der Waals surface area (Å²) in [4.78, 5) is 24.9. The summed E-state index contributed by atoms with van der Waals surface area (Å²) in [5.41, 5.74) is -1.21. The van der Waals surface area contributed by atoms with Gasteiger partial charge in [-0.1, -0.05) is 0 Å². The maximum Gasteiger partial charge on any atom is 0.516 e. The fourth-order valence-electron chi connectivity index (χ4n) is 0.764. The van der Waals surface area contributed by atoms with Crippen molar-refractivity contribution in [2.75, 3.05) is 6.61 Å². The molecule has 1 aromatic heterocycles. The second kappa shape index (κ2) is 5.13. The highest BCUT2D eigenvalue weighted by Gasteiger charge is 2.35. The lowest BCUT2D eigenvalue weighted by molar-refractivity contribution is -0.140. The van der Waals surface area contributed by atoms with Gasteiger partial charge in [0.1, 0.15) is 0 Å². The number of carbonyl (C=O) groups is 2. The molecule has 9 heteroatoms. The molecular formula is C8H6F3NO4S. The Kier molecular flexibility index (Phi) is 4.05. The zero-order valence-corrected chi connectivity index (χ0v) is 9.22. The molecule has 0 radical (unpaired) electrons. The molecule has 1 aromatic rings. The van der Waals surface area contributed by atoms with Crippen LogP contribution in [0.5, 0.6) is 0 Å². The molecule has 1 rings (SSSR count). The highest BCUT2D eigenvalue weighted by molar-refractivity contribution is 7.11. The lowest BCUT2D eigenvalue weighted by atomic mass is 10.5. The number of carbonyl (C=O) groups excluding carboxylic acids is 2. The Morgan fingerprint density at radius 3 is 2.59 bits per heavy atom. The Labute approximate surface area is 97.2 Å². The number of rotatable bonds is 2. The predicted octanol–water partition coefficient (Wildman–Crippen LogP) is 2.48. The van der Waals surface area contributed by atoms with E-state index in [2.05, 4.69) is 14.5 Å². The Balaban J connectivity index is 2.71. The van der Waals surface area contributed by atoms with Crippen LogP contribution in [0.3, 0.4) is 0 Å². The maximum absolute atomic E-state index is 12.1. The first-order valence-corrected chi connectivity index (χ1v) is 5.14. The van der Waals surface area contributed by atoms with Gasteiger partial charge in [-0.25, -0.2) is 14.6 Å². The summed E-state index contributed by atoms with van der Waals surface area (Å²) >= 11 is 0.431. The van der Waals surface area contributed by atoms with Gasteiger partial charge in [-0.15, -0.1) is 11.3 Å². The Hall–Kier alpha value is -1.64. The minimum Gasteiger partial charge on any atom is -0.434 e. The minimum absolute atomic E-state index is 0.0161. The van der Waals surface area contributed by atoms with Crippen LogP contribution in [0, 0.1) is 0 Å². The molecule has 0 atom stereocenters. The number of ether oxygens (including phenoxy) is 2. The monoisotopic (exact) mass is 269 g/mol. The largest absolute Gasteiger partial charge is 0.516 e. The molecule has 1 heterocycles. The van der Waals surface area contributed by atoms with E-state index >= 15 is 0 Å². The molecule has 0 spiro atoms. The van der Waals surface area contributed by atoms with E-state index in [0.717, 1.165) is 0 Å². The maximum atomic E-state index is 12.1. The van der Waals surface area contributed by atoms with Crippen molar-refractivity contribution >= 4 is 23.5 Å². The molecule has 0 aromatic carbocycles. The van der Waals surface area contributed by atoms with Crippen molar-refractivity contribution in [3.8, 4) is 0 Å². The molecule has 0 bridgehead atoms. The number of halogens is 3. The van der Waals surface area contributed by atoms with Crippen LogP contribution >= 0.6 is 11.3 Å². The fraction of sp³-hybridized carbons (Fsp3) is 0.375. The van der Waals surface area contributed by atoms with Crippen LogP contribution in [0.1, 0.15) is 22.4 Å². The van der Waals surface area contributed by atoms with E-state index < -0.39 is 29.0 Å². The van der Waals surface area contributed by atoms with Gasteiger partial charge >= 0.3 is 18.3 Å². The normalized spacial score (nSPS) is 11.1. The average molecular weight is 269 g/mol. The number of esters is 1. The smallest absolute Gasteiger partial charge is 0.434 e. The Morgan fingerprint density at radius 1 is 1.47 bits per heavy atom. The number of alkyl halides is 3. The third-order valence-electron chi connectivity index (χ3n) is 1.41. The summed E-state index contributed by atoms with van der Waals surface area (Å²) in [7, 11) is 0. The molecule has 5 nitrogen and oxygen atoms in total. The molecule has 94 valence electrons. The van der Waals surface area contributed by atoms with E-state index in [1.165, 1.54) is 6.92 Å². The van der Waals surface area contributed by atoms with E-state index in [4.69, 9.17) is 0 Å². The van der Waals surface area contributed by atoms with Crippen LogP contribution in [-0.4, -0.2) is 23.7 Å². The first-order valence-electron chi connectivity index (χ1n) is 4.26. The first kappa shape index (κ1) is 13.4. The van der Waals surface area contributed by atoms with Gasteiger partial charge in [-0.05, 0) is 6.92 Å². The second-order valence-electron chi connectivity index (χ2n) is 2.61. The van der Waals surface area contributed by atoms with Crippen molar-refractivity contribution in [3.05, 3.63) is 16.1 Å². The van der Waals surface area contributed by atoms with Crippen LogP contribution in [0.15, 0.2) is 5.38 Å². The second-order valence-corrected chi connectivity index (χ2v) is 3.47. The van der Waals surface area contributed by atoms with Gasteiger partial charge in [0.05, 0.1) is 6.61 Å². The molecular weight excluding hydrogens is 263 g/mol. The van der Waals surface area contributed by atoms with Crippen molar-refractivity contribution in [2.45, 2.75) is 13.1 Å². The highest BCUT2D eigenvalue weighted by Crippen LogP contribution is 2.30. The van der Waals surface area contributed by atoms with Crippen molar-refractivity contribution in [1.82, 2.24) is 4.98 Å². The Bertz CT molecular complexity index is 429. The van der Waals surface area contributed by atoms with Gasteiger partial charge in [-0.2, -0.15) is 13.2 Å². The quantitative estimate of drug-likeness (QED) is 0.609. The van der Waals surface area contributed by atoms with Crippen LogP contribution in [0.25, 0.3) is 0 Å². The first-order chi connectivity index (χ1) is 7.84. The average Bonchev–Trinajstić information content (AvgIpc) is 2.65. The molecule has 0 unspecified atom stereocenters. The van der Waals surface area contributed by atoms with Crippen LogP contribution in [0.2, 0.25) is 0 Å². The molecule has 0 aliphatic heterocycles. The summed E-state index contributed by atoms with van der Waals surface area (Å²) < 4.78 is 44.8. The standard InChI is InChI=1S/C8H6F3NO4S/c1-2-15-7(14)16-6(13)5-12-4(3-17-5)8(9,10)11/h3H,2H2,1H3. The molecule has 0 aliphatic carbocycles. The van der Waals surface area contributed by atoms with Crippen LogP contribution < -0.4 is 0 Å². The van der Waals surface area contributed by atoms with Gasteiger partial charge in [-0.3, -0.25) is 0 Å². The van der Waals surface area contributed by atoms with Crippen molar-refractivity contribution < 1.29 is 32.2 Å². The summed E-state index contributed by atoms with van der Waals surface area (Å²) in [5, 5.41) is 0.0900. The molecule has 0 N–H and O–H groups in total. The highest BCUT2D eigenvalue weighted by atomic mass is 32.1. The van der Waals surface area contributed by atoms with Crippen molar-refractivity contribution in [3.63, 3.8) is 0 Å². The van der Waals surface area contributed by atoms with Crippen molar-refractivity contribution in [2.24, 2.45) is 0 Å². The Morgan fingerprint density at radius 2 is 2.12 bits per heavy atom. The topological polar surface area (TPSA) is 65.5 Å². The third kappa shape index (κ3) is 3.70. The van der Waals surface area contributed by atoms with E-state index in [1.54, 1.807) is 0 Å². The lowest BCUT2D eigenvalue weighted by Crippen LogP contribution is -2.14. The molecule has 0 amide bonds. The summed E-state index contributed by atoms with van der Waals surface area (Å²) in [6, 6.07) is 0. The SMILES string of the molecule is CCOC(=O)OC(=O)c1nc(C(F)(F)F)cs1. The van der Waals surface area contributed by atoms with Gasteiger partial charge in [0.25, 0.3) is 0 Å². The molecule has 0 aliphatic rings. The minimum atomic E-state index is -4.64. The van der Waals surface area contributed by atoms with Gasteiger partial charge in [0, 0.05) is 5.38 Å². The zero-order chi connectivity index (χ0) is 13.1. The third-order valence-corrected chi connectivity index (χ3v) is 2.23. The van der Waals surface area contributed by atoms with E-state index in [9.17, 15) is 22.8 Å². The molecule has 0 saturated carbocycles. The van der Waals surface area contributed by atoms with Crippen molar-refractivity contribution in [1.29, 1.82) is 0 Å². The zero-order valence-electron chi connectivity index (χ0n) is 8.41. The van der Waals surface area contributed by atoms with Crippen LogP contribution in [-0.2, 0) is 15.7 Å². The van der Waals surface area contributed by atoms with Gasteiger partial charge in [0.2, 0.25) is 5.01 Å². The summed E-state index contributed by atoms with van der Waals surface area (Å²) in [6.07, 6.45) is -5.92. The van der Waals surface area contributed by atoms with Gasteiger partial charge in [0.15, 0.2) is 5.69 Å². The molecule has 17 heavy (non-hydrogen) atoms. The van der Waals surface area contributed by atoms with Crippen LogP contribution in [0.4, 0.5) is 18.0 Å². The summed E-state index contributed by atoms with van der Waals surface area (Å²) in [5.74, 6) is -1.27. The lowest BCUT2D eigenvalue weighted by Gasteiger charge is -2.01. The predicted molar refractivity (Wildman–Crippen MR) is 49.6 cm³/mol. The van der Waals surface area contributed by atoms with E-state index in [0.29, 0.717) is 16.7 Å². The number of thiazole rings is 1. The number of aromatic nitrogens is 1. The number of nitrogens with zero attached hydrogens (tertiary/aromatic N) is 1. The summed E-state index contributed by atoms with van der Waals surface area (Å²) in [6.45, 7) is 1.47. The molecule has 0 saturated heterocycles. The number of hydrogen-bond acceptors (Lipinski definition) is 6. The number of hydrogen-bond donors (Lipinski definition) is 0. The van der Waals surface area contributed by atoms with E-state index in [-0.39, 0.29) is 6.61 Å². The van der Waals surface area contributed by atoms with Gasteiger partial charge < -0.3 is 9.47 Å².